The van der Waals surface area contributed by atoms with Gasteiger partial charge in [0.15, 0.2) is 76.4 Å². The second-order valence-electron chi connectivity index (χ2n) is 16.0. The van der Waals surface area contributed by atoms with Gasteiger partial charge in [0.05, 0.1) is 0 Å². The molecule has 0 amide bonds. The van der Waals surface area contributed by atoms with Crippen molar-refractivity contribution in [1.82, 2.24) is 0 Å². The quantitative estimate of drug-likeness (QED) is 0.0371. The van der Waals surface area contributed by atoms with Crippen LogP contribution in [0.1, 0.15) is 21.6 Å². The number of fused-ring (bicyclic) bond motifs is 2. The van der Waals surface area contributed by atoms with Crippen LogP contribution >= 0.6 is 0 Å². The lowest BCUT2D eigenvalue weighted by Crippen LogP contribution is -2.81. The molecule has 1 heterocycles. The number of pyridine rings is 1. The molecule has 1 aromatic heterocycles. The van der Waals surface area contributed by atoms with E-state index >= 15 is 35.1 Å². The number of para-hydroxylation sites is 1. The summed E-state index contributed by atoms with van der Waals surface area (Å²) < 4.78 is 296. The Kier molecular flexibility index (Phi) is 13.8. The van der Waals surface area contributed by atoms with E-state index in [2.05, 4.69) is 28.8 Å². The van der Waals surface area contributed by atoms with Crippen molar-refractivity contribution in [2.45, 2.75) is 6.54 Å². The van der Waals surface area contributed by atoms with Gasteiger partial charge in [-0.15, -0.1) is 21.9 Å². The van der Waals surface area contributed by atoms with E-state index in [9.17, 15) is 57.5 Å². The molecule has 9 aromatic rings. The van der Waals surface area contributed by atoms with Crippen molar-refractivity contribution in [3.8, 4) is 0 Å². The van der Waals surface area contributed by atoms with Crippen LogP contribution in [0.2, 0.25) is 0 Å². The highest BCUT2D eigenvalue weighted by Crippen LogP contribution is 2.31. The molecule has 0 aliphatic heterocycles. The summed E-state index contributed by atoms with van der Waals surface area (Å²) in [7, 11) is 0. The molecule has 0 saturated carbocycles. The van der Waals surface area contributed by atoms with Gasteiger partial charge in [0.1, 0.15) is 52.7 Å². The maximum Gasteiger partial charge on any atom is 0.257 e. The predicted molar refractivity (Wildman–Crippen MR) is 226 cm³/mol. The zero-order valence-electron chi connectivity index (χ0n) is 36.1. The SMILES string of the molecule is Fc1c(F)c(F)c([B-](c2c(F)c(F)c(F)c(F)c2F)(c2c(F)c(F)c(F)c(F)c2F)c2c(F)c(F)c(F)c(F)c2F)c(F)c1F.O=C(c1cccc2ccccc12)c1ccc2ccccc2[n+]1Cc1ccccc1. The molecular formula is C51H20BF20NO. The summed E-state index contributed by atoms with van der Waals surface area (Å²) >= 11 is 0. The van der Waals surface area contributed by atoms with Crippen molar-refractivity contribution in [3.05, 3.63) is 242 Å². The van der Waals surface area contributed by atoms with Crippen molar-refractivity contribution in [2.75, 3.05) is 0 Å². The lowest BCUT2D eigenvalue weighted by molar-refractivity contribution is -0.664. The molecule has 0 aliphatic rings. The second-order valence-corrected chi connectivity index (χ2v) is 16.0. The van der Waals surface area contributed by atoms with Gasteiger partial charge in [0.2, 0.25) is 5.52 Å². The van der Waals surface area contributed by atoms with Gasteiger partial charge >= 0.3 is 0 Å². The summed E-state index contributed by atoms with van der Waals surface area (Å²) in [5.74, 6) is -71.4. The van der Waals surface area contributed by atoms with Crippen LogP contribution in [0.15, 0.2) is 109 Å². The summed E-state index contributed by atoms with van der Waals surface area (Å²) in [6.07, 6.45) is -7.22. The van der Waals surface area contributed by atoms with E-state index in [1.165, 1.54) is 5.56 Å². The zero-order chi connectivity index (χ0) is 54.0. The Morgan fingerprint density at radius 2 is 0.649 bits per heavy atom. The Balaban J connectivity index is 0.000000215. The molecular weight excluding hydrogens is 1030 g/mol. The Morgan fingerprint density at radius 1 is 0.324 bits per heavy atom. The number of carbonyl (C=O) groups is 1. The molecule has 2 nitrogen and oxygen atoms in total. The van der Waals surface area contributed by atoms with Gasteiger partial charge in [0.25, 0.3) is 11.5 Å². The van der Waals surface area contributed by atoms with Crippen molar-refractivity contribution in [2.24, 2.45) is 0 Å². The standard InChI is InChI=1S/C27H20NO.C24BF20/c29-27(24-15-8-13-21-11-4-6-14-23(21)24)26-18-17-22-12-5-7-16-25(22)28(26)19-20-9-2-1-3-10-20;26-5-1(6(27)14(35)21(42)13(5)34)25(2-7(28)15(36)22(43)16(37)8(2)29,3-9(30)17(38)23(44)18(39)10(3)31)4-11(32)19(40)24(45)20(41)12(4)33/h1-18H,19H2;/q+1;-1. The first-order valence-electron chi connectivity index (χ1n) is 20.7. The lowest BCUT2D eigenvalue weighted by atomic mass is 9.12. The summed E-state index contributed by atoms with van der Waals surface area (Å²) in [5.41, 5.74) is -10.7. The van der Waals surface area contributed by atoms with Crippen LogP contribution in [0.5, 0.6) is 0 Å². The summed E-state index contributed by atoms with van der Waals surface area (Å²) in [5, 5.41) is 3.19. The molecule has 0 N–H and O–H groups in total. The van der Waals surface area contributed by atoms with Crippen LogP contribution in [0.3, 0.4) is 0 Å². The number of nitrogens with zero attached hydrogens (tertiary/aromatic N) is 1. The number of benzene rings is 8. The second kappa shape index (κ2) is 19.6. The topological polar surface area (TPSA) is 20.9 Å². The van der Waals surface area contributed by atoms with E-state index in [0.29, 0.717) is 12.2 Å². The van der Waals surface area contributed by atoms with Gasteiger partial charge < -0.3 is 0 Å². The van der Waals surface area contributed by atoms with Gasteiger partial charge in [-0.25, -0.2) is 87.8 Å². The van der Waals surface area contributed by atoms with Crippen LogP contribution < -0.4 is 26.4 Å². The van der Waals surface area contributed by atoms with Crippen LogP contribution in [0.25, 0.3) is 21.7 Å². The normalized spacial score (nSPS) is 11.6. The lowest BCUT2D eigenvalue weighted by Gasteiger charge is -2.44. The number of carbonyl (C=O) groups excluding carboxylic acids is 1. The molecule has 0 atom stereocenters. The molecule has 0 fully saturated rings. The molecule has 8 aromatic carbocycles. The maximum atomic E-state index is 15.4. The summed E-state index contributed by atoms with van der Waals surface area (Å²) in [6.45, 7) is 0.647. The molecule has 0 unspecified atom stereocenters. The molecule has 0 aliphatic carbocycles. The maximum absolute atomic E-state index is 15.4. The molecule has 0 spiro atoms. The van der Waals surface area contributed by atoms with Crippen molar-refractivity contribution < 1.29 is 97.2 Å². The van der Waals surface area contributed by atoms with Gasteiger partial charge in [-0.2, -0.15) is 4.57 Å². The minimum absolute atomic E-state index is 0.0449. The van der Waals surface area contributed by atoms with Gasteiger partial charge in [0, 0.05) is 28.6 Å². The van der Waals surface area contributed by atoms with E-state index in [4.69, 9.17) is 0 Å². The number of halogens is 20. The Hall–Kier alpha value is -8.24. The molecule has 0 radical (unpaired) electrons. The number of hydrogen-bond donors (Lipinski definition) is 0. The average Bonchev–Trinajstić information content (AvgIpc) is 3.41. The van der Waals surface area contributed by atoms with E-state index in [-0.39, 0.29) is 5.78 Å². The molecule has 23 heteroatoms. The third-order valence-corrected chi connectivity index (χ3v) is 12.1. The first-order valence-corrected chi connectivity index (χ1v) is 20.7. The van der Waals surface area contributed by atoms with Gasteiger partial charge in [-0.3, -0.25) is 4.79 Å². The fraction of sp³-hybridized carbons (Fsp3) is 0.0196. The smallest absolute Gasteiger partial charge is 0.257 e. The number of aromatic nitrogens is 1. The zero-order valence-corrected chi connectivity index (χ0v) is 36.1. The van der Waals surface area contributed by atoms with Crippen molar-refractivity contribution in [3.63, 3.8) is 0 Å². The van der Waals surface area contributed by atoms with Crippen LogP contribution in [-0.4, -0.2) is 11.9 Å². The molecule has 378 valence electrons. The largest absolute Gasteiger partial charge is 0.282 e. The Morgan fingerprint density at radius 3 is 1.05 bits per heavy atom. The first kappa shape index (κ1) is 52.1. The van der Waals surface area contributed by atoms with E-state index in [0.717, 1.165) is 27.2 Å². The summed E-state index contributed by atoms with van der Waals surface area (Å²) in [6, 6.07) is 36.5. The van der Waals surface area contributed by atoms with E-state index < -0.39 is 144 Å². The summed E-state index contributed by atoms with van der Waals surface area (Å²) in [4.78, 5) is 13.7. The minimum Gasteiger partial charge on any atom is -0.282 e. The first-order chi connectivity index (χ1) is 35.0. The highest BCUT2D eigenvalue weighted by atomic mass is 19.2. The Labute approximate surface area is 400 Å². The van der Waals surface area contributed by atoms with Crippen molar-refractivity contribution >= 4 is 55.5 Å². The fourth-order valence-corrected chi connectivity index (χ4v) is 8.83. The van der Waals surface area contributed by atoms with E-state index in [1.54, 1.807) is 0 Å². The van der Waals surface area contributed by atoms with Crippen molar-refractivity contribution in [1.29, 1.82) is 0 Å². The third-order valence-electron chi connectivity index (χ3n) is 12.1. The minimum atomic E-state index is -7.22. The third kappa shape index (κ3) is 8.04. The number of hydrogen-bond acceptors (Lipinski definition) is 1. The molecule has 0 saturated heterocycles. The van der Waals surface area contributed by atoms with Crippen LogP contribution in [0, 0.1) is 116 Å². The van der Waals surface area contributed by atoms with Crippen LogP contribution in [-0.2, 0) is 6.54 Å². The van der Waals surface area contributed by atoms with Gasteiger partial charge in [-0.1, -0.05) is 84.9 Å². The highest BCUT2D eigenvalue weighted by Gasteiger charge is 2.52. The van der Waals surface area contributed by atoms with Crippen LogP contribution in [0.4, 0.5) is 87.8 Å². The highest BCUT2D eigenvalue weighted by molar-refractivity contribution is 7.20. The monoisotopic (exact) mass is 1050 g/mol. The predicted octanol–water partition coefficient (Wildman–Crippen LogP) is 11.4. The fourth-order valence-electron chi connectivity index (χ4n) is 8.83. The average molecular weight is 1050 g/mol. The Bertz CT molecular complexity index is 3410. The molecule has 0 bridgehead atoms. The van der Waals surface area contributed by atoms with E-state index in [1.807, 2.05) is 84.9 Å². The van der Waals surface area contributed by atoms with Gasteiger partial charge in [-0.05, 0) is 22.9 Å². The number of rotatable bonds is 8. The molecule has 74 heavy (non-hydrogen) atoms. The molecule has 9 rings (SSSR count). The number of ketones is 1.